The SMILES string of the molecule is COc1cccc(CN(Cc2cccc(-n3cccn3)c2)c2cccc(COCCOc3cccc(N(C)C)c3)c2)c1. The van der Waals surface area contributed by atoms with Gasteiger partial charge in [0.05, 0.1) is 26.0 Å². The number of hydrogen-bond donors (Lipinski definition) is 0. The van der Waals surface area contributed by atoms with Crippen LogP contribution in [-0.2, 0) is 24.4 Å². The molecular weight excluding hydrogens is 524 g/mol. The highest BCUT2D eigenvalue weighted by atomic mass is 16.5. The van der Waals surface area contributed by atoms with Crippen molar-refractivity contribution in [1.82, 2.24) is 9.78 Å². The summed E-state index contributed by atoms with van der Waals surface area (Å²) in [5, 5.41) is 4.40. The minimum Gasteiger partial charge on any atom is -0.497 e. The topological polar surface area (TPSA) is 52.0 Å². The number of anilines is 2. The lowest BCUT2D eigenvalue weighted by Gasteiger charge is -2.26. The molecule has 7 nitrogen and oxygen atoms in total. The molecule has 0 aliphatic heterocycles. The second-order valence-corrected chi connectivity index (χ2v) is 10.3. The Morgan fingerprint density at radius 1 is 0.690 bits per heavy atom. The van der Waals surface area contributed by atoms with E-state index in [0.717, 1.165) is 47.2 Å². The number of benzene rings is 4. The third-order valence-electron chi connectivity index (χ3n) is 6.94. The second-order valence-electron chi connectivity index (χ2n) is 10.3. The van der Waals surface area contributed by atoms with Crippen LogP contribution in [0.5, 0.6) is 11.5 Å². The van der Waals surface area contributed by atoms with Gasteiger partial charge >= 0.3 is 0 Å². The summed E-state index contributed by atoms with van der Waals surface area (Å²) in [5.41, 5.74) is 6.76. The molecule has 0 saturated heterocycles. The largest absolute Gasteiger partial charge is 0.497 e. The maximum absolute atomic E-state index is 6.00. The molecule has 1 heterocycles. The third-order valence-corrected chi connectivity index (χ3v) is 6.94. The van der Waals surface area contributed by atoms with Crippen molar-refractivity contribution >= 4 is 11.4 Å². The summed E-state index contributed by atoms with van der Waals surface area (Å²) in [6, 6.07) is 35.3. The van der Waals surface area contributed by atoms with Gasteiger partial charge in [-0.3, -0.25) is 0 Å². The van der Waals surface area contributed by atoms with Crippen LogP contribution >= 0.6 is 0 Å². The Labute approximate surface area is 248 Å². The molecule has 0 spiro atoms. The van der Waals surface area contributed by atoms with Crippen molar-refractivity contribution in [3.8, 4) is 17.2 Å². The van der Waals surface area contributed by atoms with Gasteiger partial charge in [0.1, 0.15) is 18.1 Å². The third kappa shape index (κ3) is 7.92. The first-order chi connectivity index (χ1) is 20.6. The zero-order valence-electron chi connectivity index (χ0n) is 24.5. The predicted octanol–water partition coefficient (Wildman–Crippen LogP) is 6.75. The van der Waals surface area contributed by atoms with Gasteiger partial charge in [0, 0.05) is 57.0 Å². The maximum Gasteiger partial charge on any atom is 0.121 e. The van der Waals surface area contributed by atoms with Gasteiger partial charge in [-0.15, -0.1) is 0 Å². The van der Waals surface area contributed by atoms with E-state index in [0.29, 0.717) is 19.8 Å². The highest BCUT2D eigenvalue weighted by Gasteiger charge is 2.12. The van der Waals surface area contributed by atoms with Gasteiger partial charge in [-0.2, -0.15) is 5.10 Å². The Morgan fingerprint density at radius 2 is 1.40 bits per heavy atom. The minimum absolute atomic E-state index is 0.491. The van der Waals surface area contributed by atoms with Crippen molar-refractivity contribution in [2.45, 2.75) is 19.7 Å². The van der Waals surface area contributed by atoms with Crippen LogP contribution in [0.3, 0.4) is 0 Å². The standard InChI is InChI=1S/C35H38N4O3/c1-37(2)31-12-7-16-35(24-31)42-20-19-41-27-30-11-5-13-32(22-30)38(26-29-10-6-15-34(23-29)40-3)25-28-9-4-14-33(21-28)39-18-8-17-36-39/h4-18,21-24H,19-20,25-27H2,1-3H3. The van der Waals surface area contributed by atoms with Gasteiger partial charge in [0.25, 0.3) is 0 Å². The van der Waals surface area contributed by atoms with E-state index >= 15 is 0 Å². The molecule has 216 valence electrons. The molecular formula is C35H38N4O3. The summed E-state index contributed by atoms with van der Waals surface area (Å²) in [6.07, 6.45) is 3.76. The van der Waals surface area contributed by atoms with E-state index in [1.165, 1.54) is 11.1 Å². The lowest BCUT2D eigenvalue weighted by atomic mass is 10.1. The maximum atomic E-state index is 6.00. The summed E-state index contributed by atoms with van der Waals surface area (Å²) >= 11 is 0. The van der Waals surface area contributed by atoms with Crippen molar-refractivity contribution in [1.29, 1.82) is 0 Å². The molecule has 0 bridgehead atoms. The molecule has 0 N–H and O–H groups in total. The molecule has 4 aromatic carbocycles. The lowest BCUT2D eigenvalue weighted by Crippen LogP contribution is -2.22. The monoisotopic (exact) mass is 562 g/mol. The van der Waals surface area contributed by atoms with E-state index in [9.17, 15) is 0 Å². The Hall–Kier alpha value is -4.75. The van der Waals surface area contributed by atoms with E-state index in [1.807, 2.05) is 61.4 Å². The predicted molar refractivity (Wildman–Crippen MR) is 169 cm³/mol. The van der Waals surface area contributed by atoms with Crippen molar-refractivity contribution in [2.75, 3.05) is 44.2 Å². The molecule has 7 heteroatoms. The number of hydrogen-bond acceptors (Lipinski definition) is 6. The fraction of sp³-hybridized carbons (Fsp3) is 0.229. The molecule has 0 saturated carbocycles. The van der Waals surface area contributed by atoms with Crippen LogP contribution in [-0.4, -0.2) is 44.2 Å². The summed E-state index contributed by atoms with van der Waals surface area (Å²) in [4.78, 5) is 4.44. The lowest BCUT2D eigenvalue weighted by molar-refractivity contribution is 0.0889. The van der Waals surface area contributed by atoms with Crippen LogP contribution in [0.4, 0.5) is 11.4 Å². The van der Waals surface area contributed by atoms with E-state index in [-0.39, 0.29) is 0 Å². The molecule has 1 aromatic heterocycles. The van der Waals surface area contributed by atoms with Gasteiger partial charge in [-0.05, 0) is 71.3 Å². The molecule has 0 atom stereocenters. The smallest absolute Gasteiger partial charge is 0.121 e. The van der Waals surface area contributed by atoms with Gasteiger partial charge in [-0.1, -0.05) is 42.5 Å². The van der Waals surface area contributed by atoms with E-state index < -0.39 is 0 Å². The normalized spacial score (nSPS) is 10.8. The first-order valence-electron chi connectivity index (χ1n) is 14.1. The fourth-order valence-corrected chi connectivity index (χ4v) is 4.77. The zero-order valence-corrected chi connectivity index (χ0v) is 24.5. The molecule has 5 rings (SSSR count). The first kappa shape index (κ1) is 28.8. The fourth-order valence-electron chi connectivity index (χ4n) is 4.77. The summed E-state index contributed by atoms with van der Waals surface area (Å²) < 4.78 is 19.3. The van der Waals surface area contributed by atoms with Gasteiger partial charge in [0.2, 0.25) is 0 Å². The van der Waals surface area contributed by atoms with Crippen molar-refractivity contribution in [3.63, 3.8) is 0 Å². The minimum atomic E-state index is 0.491. The second kappa shape index (κ2) is 14.2. The summed E-state index contributed by atoms with van der Waals surface area (Å²) in [5.74, 6) is 1.70. The highest BCUT2D eigenvalue weighted by Crippen LogP contribution is 2.25. The Morgan fingerprint density at radius 3 is 2.19 bits per heavy atom. The van der Waals surface area contributed by atoms with E-state index in [4.69, 9.17) is 14.2 Å². The highest BCUT2D eigenvalue weighted by molar-refractivity contribution is 5.51. The molecule has 42 heavy (non-hydrogen) atoms. The Kier molecular flexibility index (Phi) is 9.75. The first-order valence-corrected chi connectivity index (χ1v) is 14.1. The number of nitrogens with zero attached hydrogens (tertiary/aromatic N) is 4. The number of rotatable bonds is 14. The quantitative estimate of drug-likeness (QED) is 0.140. The van der Waals surface area contributed by atoms with Crippen LogP contribution in [0, 0.1) is 0 Å². The van der Waals surface area contributed by atoms with Crippen LogP contribution in [0.15, 0.2) is 116 Å². The van der Waals surface area contributed by atoms with Gasteiger partial charge in [-0.25, -0.2) is 4.68 Å². The number of aromatic nitrogens is 2. The van der Waals surface area contributed by atoms with E-state index in [1.54, 1.807) is 13.3 Å². The molecule has 0 amide bonds. The molecule has 0 fully saturated rings. The van der Waals surface area contributed by atoms with Crippen molar-refractivity contribution in [3.05, 3.63) is 132 Å². The zero-order chi connectivity index (χ0) is 29.1. The van der Waals surface area contributed by atoms with Gasteiger partial charge < -0.3 is 24.0 Å². The number of ether oxygens (including phenoxy) is 3. The Balaban J connectivity index is 1.26. The van der Waals surface area contributed by atoms with Crippen LogP contribution in [0.25, 0.3) is 5.69 Å². The Bertz CT molecular complexity index is 1550. The average Bonchev–Trinajstić information content (AvgIpc) is 3.57. The van der Waals surface area contributed by atoms with Crippen molar-refractivity contribution in [2.24, 2.45) is 0 Å². The molecule has 0 aliphatic carbocycles. The molecule has 5 aromatic rings. The summed E-state index contributed by atoms with van der Waals surface area (Å²) in [6.45, 7) is 2.97. The van der Waals surface area contributed by atoms with Gasteiger partial charge in [0.15, 0.2) is 0 Å². The van der Waals surface area contributed by atoms with Crippen LogP contribution < -0.4 is 19.3 Å². The molecule has 0 unspecified atom stereocenters. The molecule has 0 radical (unpaired) electrons. The average molecular weight is 563 g/mol. The van der Waals surface area contributed by atoms with Crippen LogP contribution in [0.2, 0.25) is 0 Å². The number of methoxy groups -OCH3 is 1. The molecule has 0 aliphatic rings. The van der Waals surface area contributed by atoms with E-state index in [2.05, 4.69) is 81.6 Å². The van der Waals surface area contributed by atoms with Crippen LogP contribution in [0.1, 0.15) is 16.7 Å². The van der Waals surface area contributed by atoms with Crippen molar-refractivity contribution < 1.29 is 14.2 Å². The summed E-state index contributed by atoms with van der Waals surface area (Å²) in [7, 11) is 5.74.